The first-order valence-electron chi connectivity index (χ1n) is 8.60. The molecule has 0 unspecified atom stereocenters. The maximum Gasteiger partial charge on any atom is 0.375 e. The van der Waals surface area contributed by atoms with Gasteiger partial charge in [-0.05, 0) is 36.7 Å². The summed E-state index contributed by atoms with van der Waals surface area (Å²) >= 11 is 0. The Hall–Kier alpha value is -2.97. The lowest BCUT2D eigenvalue weighted by atomic mass is 10.1. The highest BCUT2D eigenvalue weighted by Crippen LogP contribution is 2.23. The number of allylic oxidation sites excluding steroid dienone is 1. The van der Waals surface area contributed by atoms with Gasteiger partial charge in [0.05, 0.1) is 7.11 Å². The van der Waals surface area contributed by atoms with Crippen LogP contribution >= 0.6 is 0 Å². The molecule has 0 atom stereocenters. The highest BCUT2D eigenvalue weighted by Gasteiger charge is 2.20. The van der Waals surface area contributed by atoms with Gasteiger partial charge in [0.25, 0.3) is 0 Å². The number of carboxylic acids is 1. The van der Waals surface area contributed by atoms with E-state index in [1.54, 1.807) is 13.0 Å². The van der Waals surface area contributed by atoms with E-state index in [2.05, 4.69) is 36.7 Å². The Balaban J connectivity index is 2.35. The molecular formula is C22H24O4Si. The van der Waals surface area contributed by atoms with Crippen LogP contribution in [0.25, 0.3) is 0 Å². The lowest BCUT2D eigenvalue weighted by molar-refractivity contribution is -0.135. The highest BCUT2D eigenvalue weighted by atomic mass is 28.3. The molecule has 0 saturated carbocycles. The third kappa shape index (κ3) is 5.25. The fourth-order valence-corrected chi connectivity index (χ4v) is 4.04. The number of rotatable bonds is 5. The van der Waals surface area contributed by atoms with E-state index in [0.717, 1.165) is 11.1 Å². The molecule has 2 aromatic rings. The van der Waals surface area contributed by atoms with Crippen LogP contribution < -0.4 is 9.92 Å². The third-order valence-corrected chi connectivity index (χ3v) is 6.76. The van der Waals surface area contributed by atoms with Crippen LogP contribution in [0.1, 0.15) is 18.1 Å². The predicted octanol–water partition coefficient (Wildman–Crippen LogP) is 3.84. The van der Waals surface area contributed by atoms with Crippen molar-refractivity contribution in [2.45, 2.75) is 26.9 Å². The highest BCUT2D eigenvalue weighted by molar-refractivity contribution is 6.96. The fourth-order valence-electron chi connectivity index (χ4n) is 2.41. The number of methoxy groups -OCH3 is 1. The maximum absolute atomic E-state index is 11.4. The zero-order valence-corrected chi connectivity index (χ0v) is 17.3. The summed E-state index contributed by atoms with van der Waals surface area (Å²) in [6.45, 7) is 7.82. The van der Waals surface area contributed by atoms with Crippen LogP contribution in [0.4, 0.5) is 0 Å². The molecule has 5 heteroatoms. The quantitative estimate of drug-likeness (QED) is 0.371. The van der Waals surface area contributed by atoms with E-state index in [4.69, 9.17) is 9.47 Å². The first-order chi connectivity index (χ1) is 12.7. The van der Waals surface area contributed by atoms with E-state index >= 15 is 0 Å². The summed E-state index contributed by atoms with van der Waals surface area (Å²) in [5.41, 5.74) is 5.03. The summed E-state index contributed by atoms with van der Waals surface area (Å²) in [5, 5.41) is 10.6. The standard InChI is InChI=1S/C22H24O4Si/c1-16-11-12-18(13-14-27(4,5)19-9-7-6-8-10-19)15-20(16)26-21(22(23)24)17(2)25-3/h6-12,15H,1-5H3,(H,23,24). The molecule has 0 spiro atoms. The van der Waals surface area contributed by atoms with Gasteiger partial charge in [0.2, 0.25) is 5.76 Å². The van der Waals surface area contributed by atoms with E-state index in [1.807, 2.05) is 37.3 Å². The number of benzene rings is 2. The van der Waals surface area contributed by atoms with Crippen molar-refractivity contribution >= 4 is 19.2 Å². The number of aliphatic carboxylic acids is 1. The first kappa shape index (κ1) is 20.3. The molecule has 0 fully saturated rings. The topological polar surface area (TPSA) is 55.8 Å². The molecule has 0 aliphatic carbocycles. The molecule has 140 valence electrons. The summed E-state index contributed by atoms with van der Waals surface area (Å²) in [5.74, 6) is 2.48. The van der Waals surface area contributed by atoms with Gasteiger partial charge in [0.15, 0.2) is 8.07 Å². The molecule has 0 radical (unpaired) electrons. The van der Waals surface area contributed by atoms with Crippen LogP contribution in [0.15, 0.2) is 60.0 Å². The van der Waals surface area contributed by atoms with Gasteiger partial charge in [-0.3, -0.25) is 0 Å². The summed E-state index contributed by atoms with van der Waals surface area (Å²) in [4.78, 5) is 11.4. The smallest absolute Gasteiger partial charge is 0.375 e. The molecule has 0 heterocycles. The largest absolute Gasteiger partial charge is 0.497 e. The zero-order chi connectivity index (χ0) is 20.0. The van der Waals surface area contributed by atoms with Gasteiger partial charge >= 0.3 is 5.97 Å². The van der Waals surface area contributed by atoms with Crippen LogP contribution in [-0.4, -0.2) is 26.3 Å². The van der Waals surface area contributed by atoms with Crippen molar-refractivity contribution in [1.29, 1.82) is 0 Å². The fraction of sp³-hybridized carbons (Fsp3) is 0.227. The first-order valence-corrected chi connectivity index (χ1v) is 11.6. The van der Waals surface area contributed by atoms with Crippen molar-refractivity contribution in [3.05, 3.63) is 71.2 Å². The van der Waals surface area contributed by atoms with Crippen molar-refractivity contribution in [2.75, 3.05) is 7.11 Å². The Bertz CT molecular complexity index is 918. The molecule has 0 aliphatic rings. The van der Waals surface area contributed by atoms with Crippen molar-refractivity contribution in [3.63, 3.8) is 0 Å². The van der Waals surface area contributed by atoms with Crippen molar-refractivity contribution < 1.29 is 19.4 Å². The molecule has 4 nitrogen and oxygen atoms in total. The minimum absolute atomic E-state index is 0.205. The van der Waals surface area contributed by atoms with Gasteiger partial charge in [-0.1, -0.05) is 55.4 Å². The van der Waals surface area contributed by atoms with Crippen LogP contribution in [-0.2, 0) is 9.53 Å². The van der Waals surface area contributed by atoms with Gasteiger partial charge in [0.1, 0.15) is 11.5 Å². The number of carboxylic acid groups (broad SMARTS) is 1. The second-order valence-electron chi connectivity index (χ2n) is 6.72. The lowest BCUT2D eigenvalue weighted by Gasteiger charge is -2.15. The number of carbonyl (C=O) groups is 1. The minimum Gasteiger partial charge on any atom is -0.497 e. The average Bonchev–Trinajstić information content (AvgIpc) is 2.66. The number of hydrogen-bond acceptors (Lipinski definition) is 3. The summed E-state index contributed by atoms with van der Waals surface area (Å²) in [7, 11) is -0.483. The Kier molecular flexibility index (Phi) is 6.48. The van der Waals surface area contributed by atoms with Crippen molar-refractivity contribution in [1.82, 2.24) is 0 Å². The number of ether oxygens (including phenoxy) is 2. The Labute approximate surface area is 161 Å². The van der Waals surface area contributed by atoms with Crippen LogP contribution in [0.5, 0.6) is 5.75 Å². The van der Waals surface area contributed by atoms with E-state index in [-0.39, 0.29) is 11.5 Å². The molecule has 0 amide bonds. The average molecular weight is 381 g/mol. The van der Waals surface area contributed by atoms with E-state index in [1.165, 1.54) is 12.3 Å². The predicted molar refractivity (Wildman–Crippen MR) is 110 cm³/mol. The van der Waals surface area contributed by atoms with E-state index in [0.29, 0.717) is 5.75 Å². The molecule has 2 rings (SSSR count). The van der Waals surface area contributed by atoms with Crippen molar-refractivity contribution in [2.24, 2.45) is 0 Å². The molecule has 2 aromatic carbocycles. The molecule has 0 saturated heterocycles. The van der Waals surface area contributed by atoms with Crippen molar-refractivity contribution in [3.8, 4) is 17.2 Å². The van der Waals surface area contributed by atoms with E-state index < -0.39 is 14.0 Å². The molecule has 1 N–H and O–H groups in total. The van der Waals surface area contributed by atoms with Crippen LogP contribution in [0.3, 0.4) is 0 Å². The molecule has 27 heavy (non-hydrogen) atoms. The Morgan fingerprint density at radius 1 is 1.11 bits per heavy atom. The zero-order valence-electron chi connectivity index (χ0n) is 16.3. The molecule has 0 aliphatic heterocycles. The second kappa shape index (κ2) is 8.61. The summed E-state index contributed by atoms with van der Waals surface area (Å²) in [6, 6.07) is 15.8. The molecular weight excluding hydrogens is 356 g/mol. The monoisotopic (exact) mass is 380 g/mol. The number of aryl methyl sites for hydroxylation is 1. The third-order valence-electron chi connectivity index (χ3n) is 4.24. The minimum atomic E-state index is -1.89. The van der Waals surface area contributed by atoms with Gasteiger partial charge in [0, 0.05) is 5.56 Å². The summed E-state index contributed by atoms with van der Waals surface area (Å²) < 4.78 is 10.6. The second-order valence-corrected chi connectivity index (χ2v) is 10.8. The maximum atomic E-state index is 11.4. The van der Waals surface area contributed by atoms with Crippen LogP contribution in [0, 0.1) is 18.4 Å². The summed E-state index contributed by atoms with van der Waals surface area (Å²) in [6.07, 6.45) is 0. The van der Waals surface area contributed by atoms with Gasteiger partial charge in [-0.15, -0.1) is 5.54 Å². The van der Waals surface area contributed by atoms with Gasteiger partial charge in [-0.25, -0.2) is 4.79 Å². The lowest BCUT2D eigenvalue weighted by Crippen LogP contribution is -2.39. The number of hydrogen-bond donors (Lipinski definition) is 1. The normalized spacial score (nSPS) is 11.7. The van der Waals surface area contributed by atoms with Gasteiger partial charge in [-0.2, -0.15) is 0 Å². The molecule has 0 aromatic heterocycles. The van der Waals surface area contributed by atoms with E-state index in [9.17, 15) is 9.90 Å². The SMILES string of the molecule is COC(C)=C(Oc1cc(C#C[Si](C)(C)c2ccccc2)ccc1C)C(=O)O. The van der Waals surface area contributed by atoms with Crippen LogP contribution in [0.2, 0.25) is 13.1 Å². The Morgan fingerprint density at radius 2 is 1.78 bits per heavy atom. The Morgan fingerprint density at radius 3 is 2.37 bits per heavy atom. The van der Waals surface area contributed by atoms with Gasteiger partial charge < -0.3 is 14.6 Å². The molecule has 0 bridgehead atoms.